The summed E-state index contributed by atoms with van der Waals surface area (Å²) in [6, 6.07) is 0. The molecule has 1 aliphatic heterocycles. The van der Waals surface area contributed by atoms with E-state index in [9.17, 15) is 9.59 Å². The van der Waals surface area contributed by atoms with Crippen LogP contribution in [-0.4, -0.2) is 48.6 Å². The van der Waals surface area contributed by atoms with Gasteiger partial charge in [0.15, 0.2) is 0 Å². The predicted octanol–water partition coefficient (Wildman–Crippen LogP) is 1.71. The van der Waals surface area contributed by atoms with E-state index in [1.165, 1.54) is 0 Å². The van der Waals surface area contributed by atoms with Crippen molar-refractivity contribution in [2.75, 3.05) is 26.3 Å². The van der Waals surface area contributed by atoms with Gasteiger partial charge in [-0.15, -0.1) is 0 Å². The van der Waals surface area contributed by atoms with Gasteiger partial charge in [0.05, 0.1) is 0 Å². The number of hydrogen-bond acceptors (Lipinski definition) is 3. The van der Waals surface area contributed by atoms with E-state index in [4.69, 9.17) is 4.74 Å². The molecule has 1 saturated carbocycles. The second-order valence-electron chi connectivity index (χ2n) is 6.39. The summed E-state index contributed by atoms with van der Waals surface area (Å²) < 4.78 is 5.54. The fourth-order valence-electron chi connectivity index (χ4n) is 2.93. The van der Waals surface area contributed by atoms with Crippen LogP contribution in [0.15, 0.2) is 0 Å². The molecule has 5 heteroatoms. The van der Waals surface area contributed by atoms with Crippen LogP contribution in [0.5, 0.6) is 0 Å². The summed E-state index contributed by atoms with van der Waals surface area (Å²) in [5.74, 6) is 0.402. The van der Waals surface area contributed by atoms with Crippen LogP contribution in [0, 0.1) is 5.92 Å². The third-order valence-electron chi connectivity index (χ3n) is 4.49. The third kappa shape index (κ3) is 4.19. The normalized spacial score (nSPS) is 26.7. The number of rotatable bonds is 8. The molecule has 2 aliphatic rings. The van der Waals surface area contributed by atoms with Crippen LogP contribution in [0.1, 0.15) is 52.4 Å². The number of hydrogen-bond donors (Lipinski definition) is 1. The first-order chi connectivity index (χ1) is 10.1. The highest BCUT2D eigenvalue weighted by atomic mass is 16.5. The van der Waals surface area contributed by atoms with Crippen LogP contribution in [0.4, 0.5) is 0 Å². The van der Waals surface area contributed by atoms with E-state index < -0.39 is 5.54 Å². The lowest BCUT2D eigenvalue weighted by Gasteiger charge is -2.32. The summed E-state index contributed by atoms with van der Waals surface area (Å²) in [7, 11) is 0. The maximum Gasteiger partial charge on any atom is 0.248 e. The summed E-state index contributed by atoms with van der Waals surface area (Å²) in [5.41, 5.74) is -0.684. The van der Waals surface area contributed by atoms with Crippen molar-refractivity contribution in [3.63, 3.8) is 0 Å². The lowest BCUT2D eigenvalue weighted by Crippen LogP contribution is -2.56. The Hall–Kier alpha value is -1.10. The van der Waals surface area contributed by atoms with Gasteiger partial charge in [-0.1, -0.05) is 13.3 Å². The standard InChI is InChI=1S/C16H28N2O3/c1-3-4-11-21-12-5-9-18-10-8-14(19)17-16(2,15(18)20)13-6-7-13/h13H,3-12H2,1-2H3,(H,17,19). The molecule has 0 bridgehead atoms. The topological polar surface area (TPSA) is 58.6 Å². The van der Waals surface area contributed by atoms with Crippen LogP contribution in [0.3, 0.4) is 0 Å². The predicted molar refractivity (Wildman–Crippen MR) is 80.8 cm³/mol. The molecule has 21 heavy (non-hydrogen) atoms. The first kappa shape index (κ1) is 16.3. The minimum absolute atomic E-state index is 0.000513. The summed E-state index contributed by atoms with van der Waals surface area (Å²) in [4.78, 5) is 26.4. The van der Waals surface area contributed by atoms with Gasteiger partial charge < -0.3 is 15.0 Å². The molecule has 0 aromatic rings. The zero-order chi connectivity index (χ0) is 15.3. The average Bonchev–Trinajstić information content (AvgIpc) is 3.29. The van der Waals surface area contributed by atoms with Gasteiger partial charge in [-0.05, 0) is 38.5 Å². The van der Waals surface area contributed by atoms with Crippen LogP contribution in [0.25, 0.3) is 0 Å². The zero-order valence-corrected chi connectivity index (χ0v) is 13.3. The molecule has 0 aromatic carbocycles. The van der Waals surface area contributed by atoms with E-state index in [1.807, 2.05) is 11.8 Å². The maximum atomic E-state index is 12.7. The zero-order valence-electron chi connectivity index (χ0n) is 13.3. The Bertz CT molecular complexity index is 382. The average molecular weight is 296 g/mol. The van der Waals surface area contributed by atoms with Crippen molar-refractivity contribution in [1.82, 2.24) is 10.2 Å². The van der Waals surface area contributed by atoms with Crippen molar-refractivity contribution in [2.24, 2.45) is 5.92 Å². The molecule has 0 radical (unpaired) electrons. The summed E-state index contributed by atoms with van der Waals surface area (Å²) in [6.07, 6.45) is 5.54. The fraction of sp³-hybridized carbons (Fsp3) is 0.875. The number of nitrogens with one attached hydrogen (secondary N) is 1. The fourth-order valence-corrected chi connectivity index (χ4v) is 2.93. The first-order valence-corrected chi connectivity index (χ1v) is 8.26. The Morgan fingerprint density at radius 1 is 1.29 bits per heavy atom. The Labute approximate surface area is 127 Å². The monoisotopic (exact) mass is 296 g/mol. The van der Waals surface area contributed by atoms with E-state index in [0.717, 1.165) is 38.7 Å². The largest absolute Gasteiger partial charge is 0.381 e. The molecule has 2 rings (SSSR count). The Balaban J connectivity index is 1.83. The molecular weight excluding hydrogens is 268 g/mol. The quantitative estimate of drug-likeness (QED) is 0.694. The van der Waals surface area contributed by atoms with Crippen LogP contribution < -0.4 is 5.32 Å². The molecule has 0 aromatic heterocycles. The van der Waals surface area contributed by atoms with Gasteiger partial charge >= 0.3 is 0 Å². The minimum Gasteiger partial charge on any atom is -0.381 e. The smallest absolute Gasteiger partial charge is 0.248 e. The molecule has 1 N–H and O–H groups in total. The number of nitrogens with zero attached hydrogens (tertiary/aromatic N) is 1. The molecule has 2 amide bonds. The summed E-state index contributed by atoms with van der Waals surface area (Å²) in [5, 5.41) is 2.95. The van der Waals surface area contributed by atoms with Gasteiger partial charge in [-0.2, -0.15) is 0 Å². The lowest BCUT2D eigenvalue weighted by atomic mass is 9.94. The van der Waals surface area contributed by atoms with Gasteiger partial charge in [0.1, 0.15) is 5.54 Å². The van der Waals surface area contributed by atoms with Crippen molar-refractivity contribution in [1.29, 1.82) is 0 Å². The van der Waals surface area contributed by atoms with Crippen molar-refractivity contribution in [2.45, 2.75) is 57.9 Å². The highest BCUT2D eigenvalue weighted by Crippen LogP contribution is 2.41. The Morgan fingerprint density at radius 3 is 2.67 bits per heavy atom. The van der Waals surface area contributed by atoms with Crippen LogP contribution in [-0.2, 0) is 14.3 Å². The van der Waals surface area contributed by atoms with Crippen LogP contribution in [0.2, 0.25) is 0 Å². The van der Waals surface area contributed by atoms with Gasteiger partial charge in [0.25, 0.3) is 0 Å². The second kappa shape index (κ2) is 7.25. The molecule has 2 fully saturated rings. The van der Waals surface area contributed by atoms with E-state index in [2.05, 4.69) is 12.2 Å². The van der Waals surface area contributed by atoms with E-state index in [-0.39, 0.29) is 11.8 Å². The molecule has 1 atom stereocenters. The van der Waals surface area contributed by atoms with Crippen molar-refractivity contribution in [3.05, 3.63) is 0 Å². The van der Waals surface area contributed by atoms with E-state index >= 15 is 0 Å². The van der Waals surface area contributed by atoms with Gasteiger partial charge in [-0.25, -0.2) is 0 Å². The summed E-state index contributed by atoms with van der Waals surface area (Å²) >= 11 is 0. The molecule has 120 valence electrons. The van der Waals surface area contributed by atoms with E-state index in [0.29, 0.717) is 32.0 Å². The molecule has 5 nitrogen and oxygen atoms in total. The molecular formula is C16H28N2O3. The van der Waals surface area contributed by atoms with E-state index in [1.54, 1.807) is 0 Å². The SMILES string of the molecule is CCCCOCCCN1CCC(=O)NC(C)(C2CC2)C1=O. The number of carbonyl (C=O) groups excluding carboxylic acids is 2. The maximum absolute atomic E-state index is 12.7. The third-order valence-corrected chi connectivity index (χ3v) is 4.49. The highest BCUT2D eigenvalue weighted by Gasteiger charge is 2.50. The number of carbonyl (C=O) groups is 2. The van der Waals surface area contributed by atoms with Gasteiger partial charge in [0, 0.05) is 32.7 Å². The molecule has 1 saturated heterocycles. The number of amides is 2. The van der Waals surface area contributed by atoms with Gasteiger partial charge in [-0.3, -0.25) is 9.59 Å². The molecule has 1 heterocycles. The highest BCUT2D eigenvalue weighted by molar-refractivity contribution is 5.93. The Kier molecular flexibility index (Phi) is 5.62. The number of ether oxygens (including phenoxy) is 1. The lowest BCUT2D eigenvalue weighted by molar-refractivity contribution is -0.139. The first-order valence-electron chi connectivity index (χ1n) is 8.26. The van der Waals surface area contributed by atoms with Gasteiger partial charge in [0.2, 0.25) is 11.8 Å². The van der Waals surface area contributed by atoms with Crippen LogP contribution >= 0.6 is 0 Å². The van der Waals surface area contributed by atoms with Crippen molar-refractivity contribution >= 4 is 11.8 Å². The van der Waals surface area contributed by atoms with Crippen molar-refractivity contribution < 1.29 is 14.3 Å². The molecule has 1 unspecified atom stereocenters. The molecule has 1 aliphatic carbocycles. The van der Waals surface area contributed by atoms with Crippen molar-refractivity contribution in [3.8, 4) is 0 Å². The number of unbranched alkanes of at least 4 members (excludes halogenated alkanes) is 1. The minimum atomic E-state index is -0.684. The molecule has 0 spiro atoms. The summed E-state index contributed by atoms with van der Waals surface area (Å²) in [6.45, 7) is 6.72. The second-order valence-corrected chi connectivity index (χ2v) is 6.39. The Morgan fingerprint density at radius 2 is 2.00 bits per heavy atom.